The van der Waals surface area contributed by atoms with E-state index in [-0.39, 0.29) is 46.3 Å². The fraction of sp³-hybridized carbons (Fsp3) is 0.667. The van der Waals surface area contributed by atoms with Gasteiger partial charge in [0.15, 0.2) is 0 Å². The van der Waals surface area contributed by atoms with Gasteiger partial charge in [0.2, 0.25) is 0 Å². The summed E-state index contributed by atoms with van der Waals surface area (Å²) in [6.07, 6.45) is 0.0500. The second-order valence-corrected chi connectivity index (χ2v) is 19.7. The maximum Gasteiger partial charge on any atom is 0.335 e. The Morgan fingerprint density at radius 3 is 1.04 bits per heavy atom. The highest BCUT2D eigenvalue weighted by atomic mass is 31.2. The van der Waals surface area contributed by atoms with E-state index in [4.69, 9.17) is 13.6 Å². The van der Waals surface area contributed by atoms with Gasteiger partial charge in [-0.3, -0.25) is 4.57 Å². The molecule has 1 unspecified atom stereocenters. The molecule has 0 aromatic heterocycles. The van der Waals surface area contributed by atoms with Crippen molar-refractivity contribution in [1.82, 2.24) is 0 Å². The average Bonchev–Trinajstić information content (AvgIpc) is 2.83. The summed E-state index contributed by atoms with van der Waals surface area (Å²) in [7, 11) is -7.09. The summed E-state index contributed by atoms with van der Waals surface area (Å²) in [5, 5.41) is 21.4. The first-order chi connectivity index (χ1) is 20.6. The van der Waals surface area contributed by atoms with Gasteiger partial charge in [0.05, 0.1) is 26.0 Å². The van der Waals surface area contributed by atoms with Crippen LogP contribution in [-0.2, 0) is 56.7 Å². The lowest BCUT2D eigenvalue weighted by Gasteiger charge is -2.29. The van der Waals surface area contributed by atoms with Crippen molar-refractivity contribution in [3.63, 3.8) is 0 Å². The van der Waals surface area contributed by atoms with E-state index in [1.165, 1.54) is 0 Å². The molecular formula is C36H61O8P2-. The molecule has 0 aliphatic carbocycles. The fourth-order valence-electron chi connectivity index (χ4n) is 5.07. The molecule has 0 radical (unpaired) electrons. The highest BCUT2D eigenvalue weighted by Gasteiger charge is 2.31. The van der Waals surface area contributed by atoms with E-state index in [9.17, 15) is 24.2 Å². The van der Waals surface area contributed by atoms with Crippen molar-refractivity contribution < 1.29 is 37.8 Å². The Hall–Kier alpha value is -1.66. The summed E-state index contributed by atoms with van der Waals surface area (Å²) in [4.78, 5) is 11.9. The van der Waals surface area contributed by atoms with Crippen LogP contribution in [-0.4, -0.2) is 30.0 Å². The highest BCUT2D eigenvalue weighted by molar-refractivity contribution is 7.53. The van der Waals surface area contributed by atoms with Gasteiger partial charge in [0.1, 0.15) is 19.1 Å². The van der Waals surface area contributed by atoms with E-state index in [1.54, 1.807) is 19.1 Å². The third-order valence-electron chi connectivity index (χ3n) is 7.30. The van der Waals surface area contributed by atoms with Gasteiger partial charge in [0, 0.05) is 6.16 Å². The minimum absolute atomic E-state index is 0.136. The second-order valence-electron chi connectivity index (χ2n) is 15.9. The van der Waals surface area contributed by atoms with Crippen LogP contribution in [0.25, 0.3) is 0 Å². The predicted molar refractivity (Wildman–Crippen MR) is 189 cm³/mol. The minimum Gasteiger partial charge on any atom is -0.778 e. The van der Waals surface area contributed by atoms with Crippen LogP contribution < -0.4 is 4.89 Å². The predicted octanol–water partition coefficient (Wildman–Crippen LogP) is 9.83. The van der Waals surface area contributed by atoms with E-state index in [0.717, 1.165) is 27.8 Å². The van der Waals surface area contributed by atoms with E-state index in [2.05, 4.69) is 41.5 Å². The Balaban J connectivity index is 0.000000462. The number of phenols is 2. The summed E-state index contributed by atoms with van der Waals surface area (Å²) in [5.41, 5.74) is 3.74. The van der Waals surface area contributed by atoms with Gasteiger partial charge >= 0.3 is 7.60 Å². The normalized spacial score (nSPS) is 14.4. The fourth-order valence-corrected chi connectivity index (χ4v) is 7.86. The van der Waals surface area contributed by atoms with E-state index < -0.39 is 15.2 Å². The minimum atomic E-state index is -3.91. The lowest BCUT2D eigenvalue weighted by Crippen LogP contribution is -2.18. The van der Waals surface area contributed by atoms with Crippen molar-refractivity contribution in [2.75, 3.05) is 19.8 Å². The first kappa shape index (κ1) is 42.4. The topological polar surface area (TPSA) is 125 Å². The molecule has 0 saturated heterocycles. The molecule has 0 amide bonds. The van der Waals surface area contributed by atoms with Crippen molar-refractivity contribution in [2.24, 2.45) is 0 Å². The number of rotatable bonds is 10. The maximum atomic E-state index is 12.9. The van der Waals surface area contributed by atoms with Gasteiger partial charge in [0.25, 0.3) is 0 Å². The lowest BCUT2D eigenvalue weighted by atomic mass is 9.78. The number of benzene rings is 2. The van der Waals surface area contributed by atoms with Crippen LogP contribution in [0.2, 0.25) is 0 Å². The van der Waals surface area contributed by atoms with Crippen LogP contribution in [0.4, 0.5) is 0 Å². The Kier molecular flexibility index (Phi) is 14.5. The van der Waals surface area contributed by atoms with Crippen LogP contribution >= 0.6 is 15.2 Å². The van der Waals surface area contributed by atoms with E-state index in [0.29, 0.717) is 24.5 Å². The zero-order valence-electron chi connectivity index (χ0n) is 31.1. The zero-order chi connectivity index (χ0) is 36.1. The molecule has 10 heteroatoms. The molecule has 0 aliphatic heterocycles. The number of phenolic OH excluding ortho intramolecular Hbond substituents is 2. The molecule has 0 aliphatic rings. The van der Waals surface area contributed by atoms with Crippen molar-refractivity contribution >= 4 is 15.2 Å². The third kappa shape index (κ3) is 12.4. The summed E-state index contributed by atoms with van der Waals surface area (Å²) < 4.78 is 40.5. The maximum absolute atomic E-state index is 12.9. The molecule has 0 fully saturated rings. The Bertz CT molecular complexity index is 1320. The van der Waals surface area contributed by atoms with Crippen molar-refractivity contribution in [3.8, 4) is 11.5 Å². The van der Waals surface area contributed by atoms with Crippen LogP contribution in [0.3, 0.4) is 0 Å². The van der Waals surface area contributed by atoms with Crippen LogP contribution in [0, 0.1) is 0 Å². The summed E-state index contributed by atoms with van der Waals surface area (Å²) in [6, 6.07) is 7.40. The molecular weight excluding hydrogens is 622 g/mol. The number of aromatic hydroxyl groups is 2. The standard InChI is InChI=1S/C19H33O4P.C17H29O4P/c1-9-22-24(21,23-10-2)13-14-11-15(18(3,4)5)17(20)16(12-14)19(6,7)8;1-8-21-22(19,20)11-12-9-13(16(2,3)4)15(18)14(10-12)17(5,6)7/h11-12,20H,9-10,13H2,1-8H3;9-10,18H,8,11H2,1-7H3,(H,19,20)/p-1. The van der Waals surface area contributed by atoms with Crippen LogP contribution in [0.5, 0.6) is 11.5 Å². The molecule has 2 rings (SSSR count). The smallest absolute Gasteiger partial charge is 0.335 e. The van der Waals surface area contributed by atoms with Gasteiger partial charge in [-0.05, 0) is 75.8 Å². The lowest BCUT2D eigenvalue weighted by molar-refractivity contribution is -0.198. The first-order valence-electron chi connectivity index (χ1n) is 16.2. The molecule has 2 aromatic carbocycles. The van der Waals surface area contributed by atoms with Gasteiger partial charge in [-0.15, -0.1) is 0 Å². The van der Waals surface area contributed by atoms with Gasteiger partial charge in [-0.25, -0.2) is 0 Å². The number of hydrogen-bond donors (Lipinski definition) is 2. The Morgan fingerprint density at radius 2 is 0.804 bits per heavy atom. The molecule has 8 nitrogen and oxygen atoms in total. The van der Waals surface area contributed by atoms with Crippen LogP contribution in [0.15, 0.2) is 24.3 Å². The van der Waals surface area contributed by atoms with Gasteiger partial charge in [-0.2, -0.15) is 0 Å². The SMILES string of the molecule is CCOP(=O)(Cc1cc(C(C)(C)C)c(O)c(C(C)(C)C)c1)OCC.CCOP(=O)([O-])Cc1cc(C(C)(C)C)c(O)c(C(C)(C)C)c1. The molecule has 0 heterocycles. The van der Waals surface area contributed by atoms with Gasteiger partial charge in [-0.1, -0.05) is 107 Å². The third-order valence-corrected chi connectivity index (χ3v) is 10.8. The second kappa shape index (κ2) is 15.7. The molecule has 0 bridgehead atoms. The summed E-state index contributed by atoms with van der Waals surface area (Å²) in [5.74, 6) is 0.572. The summed E-state index contributed by atoms with van der Waals surface area (Å²) >= 11 is 0. The Labute approximate surface area is 279 Å². The Morgan fingerprint density at radius 1 is 0.543 bits per heavy atom. The average molecular weight is 684 g/mol. The molecule has 0 spiro atoms. The number of hydrogen-bond acceptors (Lipinski definition) is 8. The van der Waals surface area contributed by atoms with Crippen molar-refractivity contribution in [1.29, 1.82) is 0 Å². The van der Waals surface area contributed by atoms with Crippen molar-refractivity contribution in [3.05, 3.63) is 57.6 Å². The molecule has 1 atom stereocenters. The molecule has 0 saturated carbocycles. The van der Waals surface area contributed by atoms with Crippen molar-refractivity contribution in [2.45, 2.75) is 138 Å². The summed E-state index contributed by atoms with van der Waals surface area (Å²) in [6.45, 7) is 30.4. The van der Waals surface area contributed by atoms with Crippen LogP contribution in [0.1, 0.15) is 137 Å². The highest BCUT2D eigenvalue weighted by Crippen LogP contribution is 2.52. The molecule has 46 heavy (non-hydrogen) atoms. The van der Waals surface area contributed by atoms with E-state index >= 15 is 0 Å². The first-order valence-corrected chi connectivity index (χ1v) is 19.6. The quantitative estimate of drug-likeness (QED) is 0.237. The van der Waals surface area contributed by atoms with Gasteiger partial charge < -0.3 is 33.2 Å². The monoisotopic (exact) mass is 683 g/mol. The molecule has 2 aromatic rings. The molecule has 264 valence electrons. The largest absolute Gasteiger partial charge is 0.778 e. The zero-order valence-corrected chi connectivity index (χ0v) is 32.9. The van der Waals surface area contributed by atoms with E-state index in [1.807, 2.05) is 67.5 Å². The molecule has 2 N–H and O–H groups in total.